The maximum Gasteiger partial charge on any atom is 0.293 e. The monoisotopic (exact) mass is 518 g/mol. The van der Waals surface area contributed by atoms with Gasteiger partial charge >= 0.3 is 0 Å². The van der Waals surface area contributed by atoms with E-state index >= 15 is 0 Å². The third-order valence-electron chi connectivity index (χ3n) is 5.93. The second kappa shape index (κ2) is 10.5. The first kappa shape index (κ1) is 24.0. The van der Waals surface area contributed by atoms with Crippen LogP contribution in [0.5, 0.6) is 11.5 Å². The first-order valence-corrected chi connectivity index (χ1v) is 12.6. The molecule has 4 aromatic rings. The summed E-state index contributed by atoms with van der Waals surface area (Å²) in [5.41, 5.74) is 2.63. The number of aromatic nitrogens is 1. The van der Waals surface area contributed by atoms with Crippen LogP contribution < -0.4 is 9.47 Å². The molecule has 1 aliphatic rings. The zero-order chi connectivity index (χ0) is 25.1. The third-order valence-corrected chi connectivity index (χ3v) is 7.20. The van der Waals surface area contributed by atoms with Gasteiger partial charge in [0.15, 0.2) is 0 Å². The summed E-state index contributed by atoms with van der Waals surface area (Å²) in [6.07, 6.45) is 3.78. The van der Waals surface area contributed by atoms with E-state index in [0.29, 0.717) is 23.1 Å². The largest absolute Gasteiger partial charge is 0.497 e. The van der Waals surface area contributed by atoms with Gasteiger partial charge in [0.25, 0.3) is 11.1 Å². The van der Waals surface area contributed by atoms with E-state index in [2.05, 4.69) is 4.57 Å². The van der Waals surface area contributed by atoms with Gasteiger partial charge in [-0.05, 0) is 59.8 Å². The van der Waals surface area contributed by atoms with Crippen molar-refractivity contribution in [3.63, 3.8) is 0 Å². The zero-order valence-corrected chi connectivity index (χ0v) is 21.1. The summed E-state index contributed by atoms with van der Waals surface area (Å²) in [5.74, 6) is 1.23. The van der Waals surface area contributed by atoms with Crippen LogP contribution in [0, 0.1) is 0 Å². The Bertz CT molecular complexity index is 1460. The molecule has 0 N–H and O–H groups in total. The molecule has 8 heteroatoms. The number of rotatable bonds is 8. The lowest BCUT2D eigenvalue weighted by atomic mass is 10.1. The van der Waals surface area contributed by atoms with Crippen molar-refractivity contribution in [3.05, 3.63) is 100 Å². The Morgan fingerprint density at radius 1 is 0.944 bits per heavy atom. The number of thioether (sulfide) groups is 1. The molecule has 0 radical (unpaired) electrons. The van der Waals surface area contributed by atoms with Crippen LogP contribution in [0.3, 0.4) is 0 Å². The van der Waals surface area contributed by atoms with Gasteiger partial charge < -0.3 is 14.0 Å². The topological polar surface area (TPSA) is 60.8 Å². The zero-order valence-electron chi connectivity index (χ0n) is 19.5. The smallest absolute Gasteiger partial charge is 0.293 e. The van der Waals surface area contributed by atoms with Gasteiger partial charge in [-0.2, -0.15) is 0 Å². The number of hydrogen-bond donors (Lipinski definition) is 0. The van der Waals surface area contributed by atoms with Gasteiger partial charge in [-0.15, -0.1) is 0 Å². The van der Waals surface area contributed by atoms with Crippen molar-refractivity contribution in [3.8, 4) is 11.5 Å². The minimum atomic E-state index is -0.315. The Labute approximate surface area is 218 Å². The molecule has 6 nitrogen and oxygen atoms in total. The van der Waals surface area contributed by atoms with Crippen LogP contribution in [0.4, 0.5) is 4.79 Å². The van der Waals surface area contributed by atoms with Crippen molar-refractivity contribution in [2.45, 2.75) is 13.1 Å². The molecule has 0 aliphatic carbocycles. The lowest BCUT2D eigenvalue weighted by molar-refractivity contribution is -0.123. The van der Waals surface area contributed by atoms with E-state index in [0.717, 1.165) is 45.3 Å². The third kappa shape index (κ3) is 4.98. The molecule has 0 spiro atoms. The van der Waals surface area contributed by atoms with Gasteiger partial charge in [0.05, 0.1) is 25.1 Å². The van der Waals surface area contributed by atoms with Crippen molar-refractivity contribution in [2.75, 3.05) is 13.7 Å². The number of amides is 2. The molecule has 2 amide bonds. The Morgan fingerprint density at radius 2 is 1.67 bits per heavy atom. The Morgan fingerprint density at radius 3 is 2.44 bits per heavy atom. The average Bonchev–Trinajstić information content (AvgIpc) is 3.37. The Kier molecular flexibility index (Phi) is 7.02. The van der Waals surface area contributed by atoms with Crippen LogP contribution >= 0.6 is 23.4 Å². The number of benzene rings is 3. The van der Waals surface area contributed by atoms with Crippen LogP contribution in [0.2, 0.25) is 5.02 Å². The molecular formula is C28H23ClN2O4S. The van der Waals surface area contributed by atoms with Crippen LogP contribution in [0.25, 0.3) is 17.0 Å². The number of halogens is 1. The number of carbonyl (C=O) groups excluding carboxylic acids is 2. The molecule has 0 unspecified atom stereocenters. The van der Waals surface area contributed by atoms with Crippen LogP contribution in [-0.2, 0) is 17.9 Å². The summed E-state index contributed by atoms with van der Waals surface area (Å²) < 4.78 is 13.2. The SMILES string of the molecule is COc1ccc(OCCn2cc(/C=C3\SC(=O)N(Cc4ccccc4Cl)C3=O)c3ccccc32)cc1. The fraction of sp³-hybridized carbons (Fsp3) is 0.143. The molecular weight excluding hydrogens is 496 g/mol. The molecule has 1 aromatic heterocycles. The van der Waals surface area contributed by atoms with Gasteiger partial charge in [-0.1, -0.05) is 48.0 Å². The molecule has 5 rings (SSSR count). The molecule has 182 valence electrons. The highest BCUT2D eigenvalue weighted by molar-refractivity contribution is 8.18. The van der Waals surface area contributed by atoms with E-state index in [1.54, 1.807) is 19.3 Å². The minimum Gasteiger partial charge on any atom is -0.497 e. The maximum atomic E-state index is 13.1. The molecule has 1 aliphatic heterocycles. The molecule has 2 heterocycles. The first-order valence-electron chi connectivity index (χ1n) is 11.4. The molecule has 0 atom stereocenters. The minimum absolute atomic E-state index is 0.145. The maximum absolute atomic E-state index is 13.1. The van der Waals surface area contributed by atoms with Crippen molar-refractivity contribution in [2.24, 2.45) is 0 Å². The number of imide groups is 1. The number of hydrogen-bond acceptors (Lipinski definition) is 5. The summed E-state index contributed by atoms with van der Waals surface area (Å²) in [7, 11) is 1.63. The van der Waals surface area contributed by atoms with Crippen LogP contribution in [-0.4, -0.2) is 34.3 Å². The second-order valence-electron chi connectivity index (χ2n) is 8.18. The van der Waals surface area contributed by atoms with E-state index in [9.17, 15) is 9.59 Å². The Hall–Kier alpha value is -3.68. The normalized spacial score (nSPS) is 14.7. The van der Waals surface area contributed by atoms with E-state index in [1.807, 2.05) is 72.9 Å². The molecule has 0 saturated carbocycles. The average molecular weight is 519 g/mol. The summed E-state index contributed by atoms with van der Waals surface area (Å²) in [4.78, 5) is 27.4. The van der Waals surface area contributed by atoms with Gasteiger partial charge in [0, 0.05) is 27.7 Å². The van der Waals surface area contributed by atoms with Gasteiger partial charge in [0.2, 0.25) is 0 Å². The van der Waals surface area contributed by atoms with E-state index in [-0.39, 0.29) is 17.7 Å². The number of nitrogens with zero attached hydrogens (tertiary/aromatic N) is 2. The highest BCUT2D eigenvalue weighted by Crippen LogP contribution is 2.35. The predicted molar refractivity (Wildman–Crippen MR) is 143 cm³/mol. The van der Waals surface area contributed by atoms with Gasteiger partial charge in [-0.25, -0.2) is 0 Å². The van der Waals surface area contributed by atoms with E-state index in [1.165, 1.54) is 4.90 Å². The van der Waals surface area contributed by atoms with E-state index < -0.39 is 0 Å². The van der Waals surface area contributed by atoms with Crippen LogP contribution in [0.1, 0.15) is 11.1 Å². The quantitative estimate of drug-likeness (QED) is 0.245. The summed E-state index contributed by atoms with van der Waals surface area (Å²) >= 11 is 7.19. The number of methoxy groups -OCH3 is 1. The fourth-order valence-corrected chi connectivity index (χ4v) is 5.11. The predicted octanol–water partition coefficient (Wildman–Crippen LogP) is 6.62. The van der Waals surface area contributed by atoms with Gasteiger partial charge in [-0.3, -0.25) is 14.5 Å². The Balaban J connectivity index is 1.34. The molecule has 1 saturated heterocycles. The van der Waals surface area contributed by atoms with Crippen LogP contribution in [0.15, 0.2) is 83.9 Å². The molecule has 3 aromatic carbocycles. The highest BCUT2D eigenvalue weighted by atomic mass is 35.5. The van der Waals surface area contributed by atoms with Gasteiger partial charge in [0.1, 0.15) is 18.1 Å². The molecule has 0 bridgehead atoms. The summed E-state index contributed by atoms with van der Waals surface area (Å²) in [5, 5.41) is 1.23. The van der Waals surface area contributed by atoms with Crippen molar-refractivity contribution in [1.82, 2.24) is 9.47 Å². The van der Waals surface area contributed by atoms with E-state index in [4.69, 9.17) is 21.1 Å². The lowest BCUT2D eigenvalue weighted by Crippen LogP contribution is -2.27. The number of carbonyl (C=O) groups is 2. The summed E-state index contributed by atoms with van der Waals surface area (Å²) in [6, 6.07) is 22.7. The second-order valence-corrected chi connectivity index (χ2v) is 9.58. The fourth-order valence-electron chi connectivity index (χ4n) is 4.08. The summed E-state index contributed by atoms with van der Waals surface area (Å²) in [6.45, 7) is 1.24. The van der Waals surface area contributed by atoms with Crippen molar-refractivity contribution >= 4 is 51.5 Å². The molecule has 1 fully saturated rings. The standard InChI is InChI=1S/C28H23ClN2O4S/c1-34-21-10-12-22(13-11-21)35-15-14-30-17-20(23-7-3-5-9-25(23)30)16-26-27(32)31(28(33)36-26)18-19-6-2-4-8-24(19)29/h2-13,16-17H,14-15,18H2,1H3/b26-16-. The number of ether oxygens (including phenoxy) is 2. The van der Waals surface area contributed by atoms with Crippen molar-refractivity contribution < 1.29 is 19.1 Å². The number of para-hydroxylation sites is 1. The van der Waals surface area contributed by atoms with Crippen molar-refractivity contribution in [1.29, 1.82) is 0 Å². The lowest BCUT2D eigenvalue weighted by Gasteiger charge is -2.13. The number of fused-ring (bicyclic) bond motifs is 1. The highest BCUT2D eigenvalue weighted by Gasteiger charge is 2.35. The first-order chi connectivity index (χ1) is 17.5. The molecule has 36 heavy (non-hydrogen) atoms.